The third kappa shape index (κ3) is 21.7. The van der Waals surface area contributed by atoms with Crippen LogP contribution < -0.4 is 20.2 Å². The van der Waals surface area contributed by atoms with E-state index >= 15 is 0 Å². The summed E-state index contributed by atoms with van der Waals surface area (Å²) in [6, 6.07) is 22.8. The minimum absolute atomic E-state index is 0.0949. The Bertz CT molecular complexity index is 4740. The number of allylic oxidation sites excluding steroid dienone is 1. The first-order valence-electron chi connectivity index (χ1n) is 33.0. The van der Waals surface area contributed by atoms with Crippen LogP contribution in [-0.4, -0.2) is 175 Å². The SMILES string of the molecule is C=CC(=O)Cl.C=CC(=O)N1CCN(c2ncnc3cc(-c4ccccc4F)c(C(F)(F)F)cc23)CC1.CC(C)(C)OC(=O)N1CCN(c2ncnc3cc(-c4ccccc4F)c(C(F)(F)F)cc23)CC1.CC(C)(C)OC(=O)N1CCN(c2ncnc3cc(Cl)c(C(F)(F)F)cc23)CC1.OB(O)c1ccccc1F. The van der Waals surface area contributed by atoms with Gasteiger partial charge in [0, 0.05) is 111 Å². The van der Waals surface area contributed by atoms with E-state index in [1.165, 1.54) is 104 Å². The third-order valence-corrected chi connectivity index (χ3v) is 16.8. The number of nitrogens with zero attached hydrogens (tertiary/aromatic N) is 12. The van der Waals surface area contributed by atoms with Gasteiger partial charge >= 0.3 is 37.8 Å². The van der Waals surface area contributed by atoms with Crippen molar-refractivity contribution in [3.63, 3.8) is 0 Å². The van der Waals surface area contributed by atoms with Crippen LogP contribution in [0.2, 0.25) is 5.02 Å². The zero-order valence-corrected chi connectivity index (χ0v) is 60.3. The van der Waals surface area contributed by atoms with E-state index in [2.05, 4.69) is 43.1 Å². The molecule has 3 aromatic heterocycles. The number of aromatic nitrogens is 6. The first-order valence-corrected chi connectivity index (χ1v) is 33.7. The molecular weight excluding hydrogens is 1480 g/mol. The standard InChI is InChI=1S/C24H24F4N4O2.C22H18F4N4O.C18H20ClF3N4O2.C6H6BFO2.C3H3ClO/c1-23(2,3)34-22(33)32-10-8-31(9-11-32)21-17-12-18(24(26,27)28)16(13-20(17)29-14-30-21)15-6-4-5-7-19(15)25;1-2-20(31)29-7-9-30(10-8-29)21-16-11-17(22(24,25)26)15(12-19(16)27-13-28-21)14-5-3-4-6-18(14)23;1-17(2,3)28-16(27)26-6-4-25(5-7-26)15-11-8-12(18(20,21)22)13(19)9-14(11)23-10-24-15;8-6-4-2-1-3-5(6)7(9)10;1-2-3(4)5/h4-7,12-14H,8-11H2,1-3H3;2-6,11-13H,1,7-10H2;8-10H,4-7H2,1-3H3;1-4,9-10H;2H,1H2. The quantitative estimate of drug-likeness (QED) is 0.0624. The zero-order valence-electron chi connectivity index (χ0n) is 58.8. The highest BCUT2D eigenvalue weighted by molar-refractivity contribution is 6.66. The van der Waals surface area contributed by atoms with Crippen LogP contribution in [0.5, 0.6) is 0 Å². The predicted octanol–water partition coefficient (Wildman–Crippen LogP) is 14.6. The van der Waals surface area contributed by atoms with Crippen LogP contribution in [0.3, 0.4) is 0 Å². The van der Waals surface area contributed by atoms with Gasteiger partial charge in [0.15, 0.2) is 0 Å². The molecule has 3 saturated heterocycles. The number of rotatable bonds is 8. The van der Waals surface area contributed by atoms with Gasteiger partial charge in [0.1, 0.15) is 65.1 Å². The number of alkyl halides is 9. The van der Waals surface area contributed by atoms with Crippen LogP contribution in [0.4, 0.5) is 79.7 Å². The summed E-state index contributed by atoms with van der Waals surface area (Å²) in [6.07, 6.45) is -8.72. The molecule has 0 unspecified atom stereocenters. The summed E-state index contributed by atoms with van der Waals surface area (Å²) >= 11 is 10.5. The lowest BCUT2D eigenvalue weighted by atomic mass is 9.80. The first kappa shape index (κ1) is 83.3. The minimum Gasteiger partial charge on any atom is -0.444 e. The van der Waals surface area contributed by atoms with Crippen LogP contribution in [0.1, 0.15) is 58.2 Å². The van der Waals surface area contributed by atoms with Gasteiger partial charge in [-0.25, -0.2) is 52.7 Å². The summed E-state index contributed by atoms with van der Waals surface area (Å²) in [6.45, 7) is 21.8. The Morgan fingerprint density at radius 3 is 1.06 bits per heavy atom. The zero-order chi connectivity index (χ0) is 79.4. The number of anilines is 3. The van der Waals surface area contributed by atoms with Gasteiger partial charge in [-0.05, 0) is 131 Å². The molecule has 3 aliphatic heterocycles. The summed E-state index contributed by atoms with van der Waals surface area (Å²) < 4.78 is 175. The molecule has 35 heteroatoms. The van der Waals surface area contributed by atoms with Gasteiger partial charge in [-0.3, -0.25) is 9.59 Å². The number of amides is 3. The molecule has 6 aromatic carbocycles. The maximum absolute atomic E-state index is 14.4. The first-order chi connectivity index (χ1) is 50.7. The Kier molecular flexibility index (Phi) is 27.1. The lowest BCUT2D eigenvalue weighted by Crippen LogP contribution is -2.50. The fraction of sp³-hybridized carbons (Fsp3) is 0.315. The lowest BCUT2D eigenvalue weighted by molar-refractivity contribution is -0.138. The highest BCUT2D eigenvalue weighted by Crippen LogP contribution is 2.44. The van der Waals surface area contributed by atoms with E-state index in [1.54, 1.807) is 56.2 Å². The van der Waals surface area contributed by atoms with Crippen molar-refractivity contribution in [2.45, 2.75) is 71.3 Å². The molecule has 3 fully saturated rings. The normalized spacial score (nSPS) is 14.2. The number of carbonyl (C=O) groups excluding carboxylic acids is 4. The highest BCUT2D eigenvalue weighted by Gasteiger charge is 2.39. The predicted molar refractivity (Wildman–Crippen MR) is 386 cm³/mol. The molecule has 0 saturated carbocycles. The van der Waals surface area contributed by atoms with Crippen molar-refractivity contribution in [1.82, 2.24) is 44.6 Å². The van der Waals surface area contributed by atoms with Crippen molar-refractivity contribution in [3.05, 3.63) is 193 Å². The van der Waals surface area contributed by atoms with E-state index in [-0.39, 0.29) is 60.8 Å². The van der Waals surface area contributed by atoms with E-state index in [0.717, 1.165) is 36.4 Å². The number of ether oxygens (including phenoxy) is 2. The molecular formula is C73H71BCl2F12N12O8. The molecule has 3 aliphatic rings. The minimum atomic E-state index is -4.71. The number of hydrogen-bond acceptors (Lipinski definition) is 17. The lowest BCUT2D eigenvalue weighted by Gasteiger charge is -2.36. The second kappa shape index (κ2) is 35.1. The molecule has 0 bridgehead atoms. The Hall–Kier alpha value is -10.4. The summed E-state index contributed by atoms with van der Waals surface area (Å²) in [4.78, 5) is 80.9. The fourth-order valence-corrected chi connectivity index (χ4v) is 11.6. The molecule has 12 rings (SSSR count). The molecule has 0 radical (unpaired) electrons. The van der Waals surface area contributed by atoms with Crippen LogP contribution in [0.25, 0.3) is 55.0 Å². The summed E-state index contributed by atoms with van der Waals surface area (Å²) in [7, 11) is -1.72. The van der Waals surface area contributed by atoms with Crippen LogP contribution in [0, 0.1) is 17.5 Å². The maximum atomic E-state index is 14.4. The molecule has 2 N–H and O–H groups in total. The van der Waals surface area contributed by atoms with Crippen molar-refractivity contribution in [2.24, 2.45) is 0 Å². The second-order valence-corrected chi connectivity index (χ2v) is 26.8. The molecule has 9 aromatic rings. The van der Waals surface area contributed by atoms with Crippen molar-refractivity contribution in [3.8, 4) is 22.3 Å². The topological polar surface area (TPSA) is 224 Å². The van der Waals surface area contributed by atoms with E-state index in [9.17, 15) is 71.9 Å². The van der Waals surface area contributed by atoms with E-state index in [4.69, 9.17) is 42.7 Å². The largest absolute Gasteiger partial charge is 0.491 e. The number of piperazine rings is 3. The summed E-state index contributed by atoms with van der Waals surface area (Å²) in [5.74, 6) is -1.22. The Balaban J connectivity index is 0.000000186. The molecule has 0 spiro atoms. The maximum Gasteiger partial charge on any atom is 0.491 e. The fourth-order valence-electron chi connectivity index (χ4n) is 11.3. The second-order valence-electron chi connectivity index (χ2n) is 26.1. The van der Waals surface area contributed by atoms with Gasteiger partial charge in [-0.15, -0.1) is 0 Å². The average molecular weight is 1550 g/mol. The number of halogens is 14. The molecule has 108 heavy (non-hydrogen) atoms. The number of benzene rings is 6. The highest BCUT2D eigenvalue weighted by atomic mass is 35.5. The molecule has 3 amide bonds. The Morgan fingerprint density at radius 1 is 0.444 bits per heavy atom. The molecule has 0 atom stereocenters. The van der Waals surface area contributed by atoms with E-state index < -0.39 is 93.4 Å². The van der Waals surface area contributed by atoms with Gasteiger partial charge in [0.05, 0.1) is 38.3 Å². The summed E-state index contributed by atoms with van der Waals surface area (Å²) in [5.41, 5.74) is -4.13. The average Bonchev–Trinajstić information content (AvgIpc) is 0.773. The molecule has 0 aliphatic carbocycles. The van der Waals surface area contributed by atoms with Gasteiger partial charge in [0.25, 0.3) is 0 Å². The Labute approximate surface area is 622 Å². The van der Waals surface area contributed by atoms with Crippen molar-refractivity contribution in [1.29, 1.82) is 0 Å². The number of hydrogen-bond donors (Lipinski definition) is 2. The smallest absolute Gasteiger partial charge is 0.444 e. The van der Waals surface area contributed by atoms with E-state index in [0.29, 0.717) is 102 Å². The van der Waals surface area contributed by atoms with Crippen LogP contribution in [-0.2, 0) is 37.6 Å². The van der Waals surface area contributed by atoms with Crippen LogP contribution >= 0.6 is 23.2 Å². The van der Waals surface area contributed by atoms with Gasteiger partial charge in [-0.1, -0.05) is 79.4 Å². The van der Waals surface area contributed by atoms with Gasteiger partial charge in [-0.2, -0.15) is 39.5 Å². The number of carbonyl (C=O) groups is 4. The Morgan fingerprint density at radius 2 is 0.759 bits per heavy atom. The molecule has 20 nitrogen and oxygen atoms in total. The van der Waals surface area contributed by atoms with Crippen molar-refractivity contribution in [2.75, 3.05) is 93.2 Å². The molecule has 572 valence electrons. The van der Waals surface area contributed by atoms with Gasteiger partial charge in [0.2, 0.25) is 11.1 Å². The van der Waals surface area contributed by atoms with Crippen molar-refractivity contribution < 1.29 is 91.4 Å². The summed E-state index contributed by atoms with van der Waals surface area (Å²) in [5, 5.41) is 16.8. The third-order valence-electron chi connectivity index (χ3n) is 16.3. The number of fused-ring (bicyclic) bond motifs is 3. The van der Waals surface area contributed by atoms with Crippen LogP contribution in [0.15, 0.2) is 153 Å². The monoisotopic (exact) mass is 1550 g/mol. The van der Waals surface area contributed by atoms with Gasteiger partial charge < -0.3 is 48.9 Å². The van der Waals surface area contributed by atoms with E-state index in [1.807, 2.05) is 14.7 Å². The van der Waals surface area contributed by atoms with Crippen molar-refractivity contribution >= 4 is 109 Å². The molecule has 6 heterocycles.